The van der Waals surface area contributed by atoms with Crippen LogP contribution in [0.1, 0.15) is 12.8 Å². The Morgan fingerprint density at radius 2 is 2.07 bits per heavy atom. The molecule has 0 aromatic heterocycles. The van der Waals surface area contributed by atoms with Crippen molar-refractivity contribution in [1.29, 1.82) is 0 Å². The second-order valence-corrected chi connectivity index (χ2v) is 5.03. The highest BCUT2D eigenvalue weighted by molar-refractivity contribution is 5.76. The van der Waals surface area contributed by atoms with Gasteiger partial charge in [0.1, 0.15) is 0 Å². The maximum Gasteiger partial charge on any atom is 0.309 e. The molecule has 4 bridgehead atoms. The highest BCUT2D eigenvalue weighted by Gasteiger charge is 2.75. The highest BCUT2D eigenvalue weighted by atomic mass is 16.5. The zero-order chi connectivity index (χ0) is 10.7. The Morgan fingerprint density at radius 1 is 1.33 bits per heavy atom. The van der Waals surface area contributed by atoms with E-state index in [0.717, 1.165) is 6.42 Å². The SMILES string of the molecule is COC(=O)[C@H]1C2C3C[C@@H]1C(CC(=O)O)C32. The van der Waals surface area contributed by atoms with Crippen LogP contribution in [0, 0.1) is 35.5 Å². The van der Waals surface area contributed by atoms with Gasteiger partial charge in [-0.25, -0.2) is 0 Å². The van der Waals surface area contributed by atoms with Gasteiger partial charge in [-0.1, -0.05) is 0 Å². The predicted octanol–water partition coefficient (Wildman–Crippen LogP) is 0.762. The van der Waals surface area contributed by atoms with Crippen LogP contribution in [0.15, 0.2) is 0 Å². The minimum absolute atomic E-state index is 0.00866. The highest BCUT2D eigenvalue weighted by Crippen LogP contribution is 2.76. The lowest BCUT2D eigenvalue weighted by Crippen LogP contribution is -2.23. The number of hydrogen-bond acceptors (Lipinski definition) is 3. The number of carbonyl (C=O) groups excluding carboxylic acids is 1. The molecule has 0 aromatic carbocycles. The number of esters is 1. The van der Waals surface area contributed by atoms with Gasteiger partial charge < -0.3 is 9.84 Å². The second kappa shape index (κ2) is 2.74. The van der Waals surface area contributed by atoms with E-state index in [1.54, 1.807) is 0 Å². The molecule has 0 heterocycles. The van der Waals surface area contributed by atoms with E-state index in [9.17, 15) is 9.59 Å². The Labute approximate surface area is 87.6 Å². The first-order valence-electron chi connectivity index (χ1n) is 5.44. The van der Waals surface area contributed by atoms with Gasteiger partial charge in [-0.2, -0.15) is 0 Å². The monoisotopic (exact) mass is 210 g/mol. The van der Waals surface area contributed by atoms with Crippen LogP contribution >= 0.6 is 0 Å². The molecule has 0 saturated heterocycles. The van der Waals surface area contributed by atoms with Gasteiger partial charge in [0.05, 0.1) is 13.0 Å². The molecular formula is C11H14O4. The Balaban J connectivity index is 1.78. The molecule has 4 heteroatoms. The third-order valence-electron chi connectivity index (χ3n) is 4.64. The maximum absolute atomic E-state index is 11.5. The largest absolute Gasteiger partial charge is 0.481 e. The molecule has 0 aliphatic heterocycles. The number of carboxylic acids is 1. The van der Waals surface area contributed by atoms with Gasteiger partial charge in [0.25, 0.3) is 0 Å². The second-order valence-electron chi connectivity index (χ2n) is 5.03. The van der Waals surface area contributed by atoms with E-state index in [-0.39, 0.29) is 30.1 Å². The number of hydrogen-bond donors (Lipinski definition) is 1. The number of ether oxygens (including phenoxy) is 1. The molecule has 0 aromatic rings. The third kappa shape index (κ3) is 1.02. The van der Waals surface area contributed by atoms with E-state index < -0.39 is 5.97 Å². The molecule has 4 rings (SSSR count). The molecule has 1 N–H and O–H groups in total. The average molecular weight is 210 g/mol. The van der Waals surface area contributed by atoms with E-state index in [2.05, 4.69) is 0 Å². The summed E-state index contributed by atoms with van der Waals surface area (Å²) < 4.78 is 4.80. The van der Waals surface area contributed by atoms with Crippen molar-refractivity contribution in [3.8, 4) is 0 Å². The Hall–Kier alpha value is -1.06. The lowest BCUT2D eigenvalue weighted by Gasteiger charge is -2.16. The van der Waals surface area contributed by atoms with E-state index >= 15 is 0 Å². The summed E-state index contributed by atoms with van der Waals surface area (Å²) in [6, 6.07) is 0. The molecule has 6 atom stereocenters. The molecule has 4 fully saturated rings. The van der Waals surface area contributed by atoms with Gasteiger partial charge in [-0.3, -0.25) is 9.59 Å². The molecule has 0 radical (unpaired) electrons. The molecule has 0 spiro atoms. The summed E-state index contributed by atoms with van der Waals surface area (Å²) in [6.07, 6.45) is 1.28. The van der Waals surface area contributed by atoms with Crippen LogP contribution in [-0.4, -0.2) is 24.2 Å². The van der Waals surface area contributed by atoms with Gasteiger partial charge in [0.2, 0.25) is 0 Å². The quantitative estimate of drug-likeness (QED) is 0.698. The number of rotatable bonds is 3. The minimum atomic E-state index is -0.734. The molecule has 15 heavy (non-hydrogen) atoms. The summed E-state index contributed by atoms with van der Waals surface area (Å²) in [5.41, 5.74) is 0. The van der Waals surface area contributed by atoms with E-state index in [0.29, 0.717) is 17.8 Å². The first-order chi connectivity index (χ1) is 7.15. The first kappa shape index (κ1) is 9.19. The average Bonchev–Trinajstić information content (AvgIpc) is 2.55. The smallest absolute Gasteiger partial charge is 0.309 e. The lowest BCUT2D eigenvalue weighted by molar-refractivity contribution is -0.147. The van der Waals surface area contributed by atoms with Crippen molar-refractivity contribution < 1.29 is 19.4 Å². The van der Waals surface area contributed by atoms with Crippen molar-refractivity contribution in [3.63, 3.8) is 0 Å². The van der Waals surface area contributed by atoms with Crippen LogP contribution in [0.5, 0.6) is 0 Å². The van der Waals surface area contributed by atoms with Crippen molar-refractivity contribution >= 4 is 11.9 Å². The molecule has 0 amide bonds. The molecule has 4 saturated carbocycles. The lowest BCUT2D eigenvalue weighted by atomic mass is 9.89. The fourth-order valence-electron chi connectivity index (χ4n) is 4.28. The number of carboxylic acid groups (broad SMARTS) is 1. The Morgan fingerprint density at radius 3 is 2.60 bits per heavy atom. The van der Waals surface area contributed by atoms with E-state index in [1.807, 2.05) is 0 Å². The summed E-state index contributed by atoms with van der Waals surface area (Å²) in [7, 11) is 1.42. The van der Waals surface area contributed by atoms with E-state index in [1.165, 1.54) is 7.11 Å². The topological polar surface area (TPSA) is 63.6 Å². The predicted molar refractivity (Wildman–Crippen MR) is 49.8 cm³/mol. The maximum atomic E-state index is 11.5. The summed E-state index contributed by atoms with van der Waals surface area (Å²) in [5.74, 6) is 1.26. The van der Waals surface area contributed by atoms with Crippen molar-refractivity contribution in [1.82, 2.24) is 0 Å². The molecule has 4 aliphatic rings. The first-order valence-corrected chi connectivity index (χ1v) is 5.44. The van der Waals surface area contributed by atoms with Crippen molar-refractivity contribution in [2.24, 2.45) is 35.5 Å². The number of aliphatic carboxylic acids is 1. The van der Waals surface area contributed by atoms with Crippen LogP contribution in [0.3, 0.4) is 0 Å². The fourth-order valence-corrected chi connectivity index (χ4v) is 4.28. The van der Waals surface area contributed by atoms with E-state index in [4.69, 9.17) is 9.84 Å². The standard InChI is InChI=1S/C11H14O4/c1-15-11(14)10-4-2-6-8(9(6)10)5(4)3-7(12)13/h4-6,8-10H,2-3H2,1H3,(H,12,13)/t4-,5?,6?,8?,9?,10-/m1/s1. The third-order valence-corrected chi connectivity index (χ3v) is 4.64. The zero-order valence-corrected chi connectivity index (χ0v) is 8.55. The number of carbonyl (C=O) groups is 2. The Kier molecular flexibility index (Phi) is 1.68. The minimum Gasteiger partial charge on any atom is -0.481 e. The van der Waals surface area contributed by atoms with Gasteiger partial charge >= 0.3 is 11.9 Å². The molecule has 4 nitrogen and oxygen atoms in total. The molecule has 4 unspecified atom stereocenters. The van der Waals surface area contributed by atoms with Gasteiger partial charge in [-0.15, -0.1) is 0 Å². The van der Waals surface area contributed by atoms with Crippen LogP contribution in [0.2, 0.25) is 0 Å². The van der Waals surface area contributed by atoms with Gasteiger partial charge in [-0.05, 0) is 36.0 Å². The van der Waals surface area contributed by atoms with Crippen molar-refractivity contribution in [2.45, 2.75) is 12.8 Å². The van der Waals surface area contributed by atoms with Crippen LogP contribution < -0.4 is 0 Å². The Bertz CT molecular complexity index is 337. The fraction of sp³-hybridized carbons (Fsp3) is 0.818. The van der Waals surface area contributed by atoms with Crippen LogP contribution in [0.4, 0.5) is 0 Å². The zero-order valence-electron chi connectivity index (χ0n) is 8.55. The summed E-state index contributed by atoms with van der Waals surface area (Å²) in [5, 5.41) is 8.81. The van der Waals surface area contributed by atoms with Crippen LogP contribution in [0.25, 0.3) is 0 Å². The summed E-state index contributed by atoms with van der Waals surface area (Å²) in [4.78, 5) is 22.3. The van der Waals surface area contributed by atoms with Crippen LogP contribution in [-0.2, 0) is 14.3 Å². The van der Waals surface area contributed by atoms with Crippen molar-refractivity contribution in [3.05, 3.63) is 0 Å². The summed E-state index contributed by atoms with van der Waals surface area (Å²) >= 11 is 0. The van der Waals surface area contributed by atoms with Gasteiger partial charge in [0.15, 0.2) is 0 Å². The normalized spacial score (nSPS) is 49.1. The molecule has 4 aliphatic carbocycles. The summed E-state index contributed by atoms with van der Waals surface area (Å²) in [6.45, 7) is 0. The molecule has 82 valence electrons. The number of methoxy groups -OCH3 is 1. The molecular weight excluding hydrogens is 196 g/mol. The van der Waals surface area contributed by atoms with Crippen molar-refractivity contribution in [2.75, 3.05) is 7.11 Å². The van der Waals surface area contributed by atoms with Gasteiger partial charge in [0, 0.05) is 6.42 Å².